The van der Waals surface area contributed by atoms with Crippen molar-refractivity contribution in [1.82, 2.24) is 10.2 Å². The van der Waals surface area contributed by atoms with Gasteiger partial charge in [0.2, 0.25) is 21.8 Å². The average molecular weight is 566 g/mol. The molecule has 8 nitrogen and oxygen atoms in total. The number of para-hydroxylation sites is 1. The van der Waals surface area contributed by atoms with Crippen LogP contribution in [-0.4, -0.2) is 50.5 Å². The van der Waals surface area contributed by atoms with Crippen LogP contribution in [0, 0.1) is 12.8 Å². The number of hydrogen-bond donors (Lipinski definition) is 1. The van der Waals surface area contributed by atoms with Gasteiger partial charge in [-0.15, -0.1) is 0 Å². The Hall–Kier alpha value is -3.85. The third-order valence-electron chi connectivity index (χ3n) is 6.33. The number of aryl methyl sites for hydroxylation is 1. The molecule has 0 saturated carbocycles. The molecule has 9 heteroatoms. The number of carbonyl (C=O) groups is 2. The summed E-state index contributed by atoms with van der Waals surface area (Å²) in [4.78, 5) is 28.4. The van der Waals surface area contributed by atoms with Crippen LogP contribution in [0.1, 0.15) is 38.3 Å². The van der Waals surface area contributed by atoms with E-state index in [0.29, 0.717) is 30.2 Å². The number of carbonyl (C=O) groups excluding carboxylic acids is 2. The predicted octanol–water partition coefficient (Wildman–Crippen LogP) is 5.13. The van der Waals surface area contributed by atoms with Crippen LogP contribution in [0.2, 0.25) is 0 Å². The number of hydrogen-bond acceptors (Lipinski definition) is 5. The minimum atomic E-state index is -3.83. The molecule has 0 aliphatic heterocycles. The van der Waals surface area contributed by atoms with Crippen LogP contribution in [0.25, 0.3) is 0 Å². The Morgan fingerprint density at radius 1 is 0.900 bits per heavy atom. The molecule has 1 atom stereocenters. The summed E-state index contributed by atoms with van der Waals surface area (Å²) < 4.78 is 32.6. The zero-order chi connectivity index (χ0) is 29.3. The van der Waals surface area contributed by atoms with Crippen LogP contribution in [0.4, 0.5) is 5.69 Å². The topological polar surface area (TPSA) is 96.0 Å². The molecule has 0 fully saturated rings. The number of sulfonamides is 1. The minimum Gasteiger partial charge on any atom is -0.457 e. The van der Waals surface area contributed by atoms with Crippen molar-refractivity contribution in [3.63, 3.8) is 0 Å². The maximum atomic E-state index is 13.8. The Bertz CT molecular complexity index is 1360. The Labute approximate surface area is 238 Å². The largest absolute Gasteiger partial charge is 0.457 e. The van der Waals surface area contributed by atoms with Gasteiger partial charge in [0.15, 0.2) is 0 Å². The molecule has 0 aliphatic rings. The quantitative estimate of drug-likeness (QED) is 0.310. The highest BCUT2D eigenvalue weighted by atomic mass is 32.2. The first-order chi connectivity index (χ1) is 19.0. The molecule has 0 heterocycles. The highest BCUT2D eigenvalue weighted by Crippen LogP contribution is 2.26. The molecule has 0 radical (unpaired) electrons. The van der Waals surface area contributed by atoms with Gasteiger partial charge in [0, 0.05) is 13.1 Å². The van der Waals surface area contributed by atoms with Crippen LogP contribution in [0.3, 0.4) is 0 Å². The van der Waals surface area contributed by atoms with Crippen molar-refractivity contribution in [1.29, 1.82) is 0 Å². The molecule has 214 valence electrons. The molecule has 0 spiro atoms. The zero-order valence-corrected chi connectivity index (χ0v) is 24.6. The molecule has 40 heavy (non-hydrogen) atoms. The Morgan fingerprint density at radius 2 is 1.50 bits per heavy atom. The fourth-order valence-corrected chi connectivity index (χ4v) is 5.00. The maximum absolute atomic E-state index is 13.8. The van der Waals surface area contributed by atoms with Crippen LogP contribution < -0.4 is 14.4 Å². The van der Waals surface area contributed by atoms with Gasteiger partial charge in [-0.2, -0.15) is 0 Å². The Kier molecular flexibility index (Phi) is 10.7. The van der Waals surface area contributed by atoms with Crippen LogP contribution >= 0.6 is 0 Å². The number of nitrogens with zero attached hydrogens (tertiary/aromatic N) is 2. The van der Waals surface area contributed by atoms with E-state index in [0.717, 1.165) is 21.7 Å². The lowest BCUT2D eigenvalue weighted by molar-refractivity contribution is -0.140. The van der Waals surface area contributed by atoms with Gasteiger partial charge >= 0.3 is 0 Å². The monoisotopic (exact) mass is 565 g/mol. The average Bonchev–Trinajstić information content (AvgIpc) is 2.92. The second-order valence-electron chi connectivity index (χ2n) is 10.2. The van der Waals surface area contributed by atoms with E-state index in [4.69, 9.17) is 4.74 Å². The first-order valence-electron chi connectivity index (χ1n) is 13.4. The highest BCUT2D eigenvalue weighted by molar-refractivity contribution is 7.92. The summed E-state index contributed by atoms with van der Waals surface area (Å²) in [7, 11) is -3.83. The third kappa shape index (κ3) is 8.84. The van der Waals surface area contributed by atoms with Gasteiger partial charge in [0.25, 0.3) is 0 Å². The lowest BCUT2D eigenvalue weighted by atomic mass is 10.1. The maximum Gasteiger partial charge on any atom is 0.244 e. The van der Waals surface area contributed by atoms with E-state index in [1.165, 1.54) is 4.90 Å². The highest BCUT2D eigenvalue weighted by Gasteiger charge is 2.31. The van der Waals surface area contributed by atoms with E-state index < -0.39 is 28.5 Å². The zero-order valence-electron chi connectivity index (χ0n) is 23.8. The van der Waals surface area contributed by atoms with Crippen molar-refractivity contribution in [3.8, 4) is 11.5 Å². The van der Waals surface area contributed by atoms with Crippen LogP contribution in [0.5, 0.6) is 11.5 Å². The Balaban J connectivity index is 1.88. The minimum absolute atomic E-state index is 0.175. The number of benzene rings is 3. The summed E-state index contributed by atoms with van der Waals surface area (Å²) in [5, 5.41) is 2.93. The fourth-order valence-electron chi connectivity index (χ4n) is 4.15. The smallest absolute Gasteiger partial charge is 0.244 e. The van der Waals surface area contributed by atoms with Gasteiger partial charge < -0.3 is 15.0 Å². The van der Waals surface area contributed by atoms with Gasteiger partial charge in [0.1, 0.15) is 24.1 Å². The number of amides is 2. The second-order valence-corrected chi connectivity index (χ2v) is 12.2. The number of ether oxygens (including phenoxy) is 1. The van der Waals surface area contributed by atoms with Crippen molar-refractivity contribution in [2.75, 3.05) is 23.7 Å². The van der Waals surface area contributed by atoms with Gasteiger partial charge in [-0.05, 0) is 61.2 Å². The number of anilines is 1. The van der Waals surface area contributed by atoms with Gasteiger partial charge in [-0.1, -0.05) is 68.8 Å². The molecule has 0 aliphatic carbocycles. The Morgan fingerprint density at radius 3 is 2.05 bits per heavy atom. The third-order valence-corrected chi connectivity index (χ3v) is 7.47. The summed E-state index contributed by atoms with van der Waals surface area (Å²) in [6, 6.07) is 22.7. The summed E-state index contributed by atoms with van der Waals surface area (Å²) in [5.74, 6) is 0.700. The van der Waals surface area contributed by atoms with Crippen LogP contribution in [-0.2, 0) is 26.2 Å². The van der Waals surface area contributed by atoms with E-state index >= 15 is 0 Å². The lowest BCUT2D eigenvalue weighted by Crippen LogP contribution is -2.52. The summed E-state index contributed by atoms with van der Waals surface area (Å²) >= 11 is 0. The van der Waals surface area contributed by atoms with Crippen molar-refractivity contribution < 1.29 is 22.7 Å². The number of nitrogens with one attached hydrogen (secondary N) is 1. The van der Waals surface area contributed by atoms with E-state index in [2.05, 4.69) is 5.32 Å². The molecular formula is C31H39N3O5S. The van der Waals surface area contributed by atoms with E-state index in [1.54, 1.807) is 24.3 Å². The first-order valence-corrected chi connectivity index (χ1v) is 15.3. The van der Waals surface area contributed by atoms with Gasteiger partial charge in [-0.25, -0.2) is 8.42 Å². The molecule has 0 bridgehead atoms. The molecule has 0 unspecified atom stereocenters. The molecule has 3 rings (SSSR count). The normalized spacial score (nSPS) is 12.1. The van der Waals surface area contributed by atoms with E-state index in [1.807, 2.05) is 82.3 Å². The summed E-state index contributed by atoms with van der Waals surface area (Å²) in [6.07, 6.45) is 1.44. The standard InChI is InChI=1S/C31H39N3O5S/c1-6-29(31(36)32-20-23(2)3)33(21-25-14-12-24(4)13-15-25)30(35)22-34(40(5,37)38)26-16-18-28(19-17-26)39-27-10-8-7-9-11-27/h7-19,23,29H,6,20-22H2,1-5H3,(H,32,36)/t29-/m1/s1. The SMILES string of the molecule is CC[C@H](C(=O)NCC(C)C)N(Cc1ccc(C)cc1)C(=O)CN(c1ccc(Oc2ccccc2)cc1)S(C)(=O)=O. The molecule has 2 amide bonds. The molecule has 1 N–H and O–H groups in total. The molecule has 3 aromatic rings. The van der Waals surface area contributed by atoms with Crippen molar-refractivity contribution in [2.24, 2.45) is 5.92 Å². The summed E-state index contributed by atoms with van der Waals surface area (Å²) in [6.45, 7) is 8.02. The van der Waals surface area contributed by atoms with Crippen molar-refractivity contribution >= 4 is 27.5 Å². The molecular weight excluding hydrogens is 526 g/mol. The summed E-state index contributed by atoms with van der Waals surface area (Å²) in [5.41, 5.74) is 2.25. The van der Waals surface area contributed by atoms with Crippen molar-refractivity contribution in [3.05, 3.63) is 90.0 Å². The molecule has 0 aromatic heterocycles. The van der Waals surface area contributed by atoms with Gasteiger partial charge in [-0.3, -0.25) is 13.9 Å². The predicted molar refractivity (Wildman–Crippen MR) is 159 cm³/mol. The van der Waals surface area contributed by atoms with E-state index in [-0.39, 0.29) is 18.4 Å². The van der Waals surface area contributed by atoms with Crippen LogP contribution in [0.15, 0.2) is 78.9 Å². The van der Waals surface area contributed by atoms with Crippen molar-refractivity contribution in [2.45, 2.75) is 46.7 Å². The second kappa shape index (κ2) is 14.0. The molecule has 3 aromatic carbocycles. The lowest BCUT2D eigenvalue weighted by Gasteiger charge is -2.33. The fraction of sp³-hybridized carbons (Fsp3) is 0.355. The number of rotatable bonds is 13. The van der Waals surface area contributed by atoms with Gasteiger partial charge in [0.05, 0.1) is 11.9 Å². The first kappa shape index (κ1) is 30.7. The molecule has 0 saturated heterocycles. The van der Waals surface area contributed by atoms with E-state index in [9.17, 15) is 18.0 Å².